The molecule has 2 aromatic heterocycles. The number of hydrogen-bond acceptors (Lipinski definition) is 4. The molecule has 0 saturated carbocycles. The molecule has 0 radical (unpaired) electrons. The number of benzene rings is 1. The van der Waals surface area contributed by atoms with Crippen molar-refractivity contribution in [2.24, 2.45) is 0 Å². The van der Waals surface area contributed by atoms with E-state index in [1.54, 1.807) is 24.8 Å². The first-order valence-corrected chi connectivity index (χ1v) is 9.06. The fraction of sp³-hybridized carbons (Fsp3) is 0.150. The molecule has 0 aliphatic heterocycles. The maximum atomic E-state index is 12.9. The van der Waals surface area contributed by atoms with E-state index >= 15 is 0 Å². The minimum atomic E-state index is -0.476. The molecular formula is C20H19BrN4O. The number of rotatable bonds is 7. The zero-order valence-electron chi connectivity index (χ0n) is 14.1. The van der Waals surface area contributed by atoms with Crippen LogP contribution in [0, 0.1) is 0 Å². The Morgan fingerprint density at radius 2 is 1.73 bits per heavy atom. The van der Waals surface area contributed by atoms with E-state index in [1.165, 1.54) is 0 Å². The van der Waals surface area contributed by atoms with Crippen molar-refractivity contribution < 1.29 is 4.79 Å². The highest BCUT2D eigenvalue weighted by Crippen LogP contribution is 2.24. The lowest BCUT2D eigenvalue weighted by atomic mass is 10.1. The molecule has 1 aromatic carbocycles. The molecule has 3 aromatic rings. The largest absolute Gasteiger partial charge is 0.350 e. The molecule has 1 amide bonds. The summed E-state index contributed by atoms with van der Waals surface area (Å²) in [5.74, 6) is -0.0881. The highest BCUT2D eigenvalue weighted by atomic mass is 79.9. The molecule has 2 N–H and O–H groups in total. The van der Waals surface area contributed by atoms with Crippen molar-refractivity contribution in [3.8, 4) is 0 Å². The summed E-state index contributed by atoms with van der Waals surface area (Å²) in [6, 6.07) is 14.9. The molecule has 0 aliphatic rings. The predicted octanol–water partition coefficient (Wildman–Crippen LogP) is 3.39. The fourth-order valence-electron chi connectivity index (χ4n) is 2.57. The van der Waals surface area contributed by atoms with Gasteiger partial charge in [0.1, 0.15) is 6.04 Å². The second-order valence-electron chi connectivity index (χ2n) is 5.77. The average Bonchev–Trinajstić information content (AvgIpc) is 2.69. The van der Waals surface area contributed by atoms with Crippen LogP contribution < -0.4 is 10.6 Å². The molecule has 6 heteroatoms. The molecule has 132 valence electrons. The SMILES string of the molecule is O=C(NCc1cccnc1)C(NCc1ccncc1)c1ccccc1Br. The number of pyridine rings is 2. The van der Waals surface area contributed by atoms with E-state index in [9.17, 15) is 4.79 Å². The van der Waals surface area contributed by atoms with Gasteiger partial charge in [-0.05, 0) is 41.0 Å². The molecular weight excluding hydrogens is 392 g/mol. The van der Waals surface area contributed by atoms with Crippen LogP contribution in [0.3, 0.4) is 0 Å². The molecule has 3 rings (SSSR count). The van der Waals surface area contributed by atoms with E-state index in [0.717, 1.165) is 21.2 Å². The van der Waals surface area contributed by atoms with E-state index in [2.05, 4.69) is 36.5 Å². The fourth-order valence-corrected chi connectivity index (χ4v) is 3.08. The summed E-state index contributed by atoms with van der Waals surface area (Å²) in [7, 11) is 0. The normalized spacial score (nSPS) is 11.7. The van der Waals surface area contributed by atoms with Crippen LogP contribution in [0.2, 0.25) is 0 Å². The average molecular weight is 411 g/mol. The number of nitrogens with zero attached hydrogens (tertiary/aromatic N) is 2. The van der Waals surface area contributed by atoms with Crippen molar-refractivity contribution in [2.75, 3.05) is 0 Å². The monoisotopic (exact) mass is 410 g/mol. The third kappa shape index (κ3) is 4.97. The van der Waals surface area contributed by atoms with Crippen LogP contribution in [-0.4, -0.2) is 15.9 Å². The number of nitrogens with one attached hydrogen (secondary N) is 2. The van der Waals surface area contributed by atoms with Crippen LogP contribution in [0.4, 0.5) is 0 Å². The maximum Gasteiger partial charge on any atom is 0.242 e. The summed E-state index contributed by atoms with van der Waals surface area (Å²) in [6.07, 6.45) is 6.95. The molecule has 1 unspecified atom stereocenters. The Morgan fingerprint density at radius 1 is 0.923 bits per heavy atom. The van der Waals surface area contributed by atoms with Crippen molar-refractivity contribution in [1.29, 1.82) is 0 Å². The van der Waals surface area contributed by atoms with Crippen LogP contribution in [0.5, 0.6) is 0 Å². The Kier molecular flexibility index (Phi) is 6.46. The second kappa shape index (κ2) is 9.22. The number of halogens is 1. The minimum absolute atomic E-state index is 0.0881. The van der Waals surface area contributed by atoms with Gasteiger partial charge in [-0.15, -0.1) is 0 Å². The van der Waals surface area contributed by atoms with E-state index in [0.29, 0.717) is 13.1 Å². The van der Waals surface area contributed by atoms with Crippen molar-refractivity contribution >= 4 is 21.8 Å². The zero-order chi connectivity index (χ0) is 18.2. The lowest BCUT2D eigenvalue weighted by molar-refractivity contribution is -0.123. The predicted molar refractivity (Wildman–Crippen MR) is 104 cm³/mol. The van der Waals surface area contributed by atoms with E-state index < -0.39 is 6.04 Å². The number of amides is 1. The van der Waals surface area contributed by atoms with Gasteiger partial charge in [0.05, 0.1) is 0 Å². The van der Waals surface area contributed by atoms with Crippen molar-refractivity contribution in [3.05, 3.63) is 94.5 Å². The zero-order valence-corrected chi connectivity index (χ0v) is 15.7. The molecule has 26 heavy (non-hydrogen) atoms. The number of carbonyl (C=O) groups excluding carboxylic acids is 1. The first kappa shape index (κ1) is 18.2. The smallest absolute Gasteiger partial charge is 0.242 e. The van der Waals surface area contributed by atoms with Gasteiger partial charge in [0.25, 0.3) is 0 Å². The van der Waals surface area contributed by atoms with Gasteiger partial charge < -0.3 is 5.32 Å². The molecule has 0 saturated heterocycles. The maximum absolute atomic E-state index is 12.9. The Bertz CT molecular complexity index is 843. The first-order chi connectivity index (χ1) is 12.7. The van der Waals surface area contributed by atoms with E-state index in [1.807, 2.05) is 48.5 Å². The summed E-state index contributed by atoms with van der Waals surface area (Å²) >= 11 is 3.55. The molecule has 5 nitrogen and oxygen atoms in total. The summed E-state index contributed by atoms with van der Waals surface area (Å²) in [4.78, 5) is 21.0. The van der Waals surface area contributed by atoms with Gasteiger partial charge in [-0.1, -0.05) is 40.2 Å². The number of carbonyl (C=O) groups is 1. The van der Waals surface area contributed by atoms with Crippen molar-refractivity contribution in [2.45, 2.75) is 19.1 Å². The molecule has 0 fully saturated rings. The third-order valence-electron chi connectivity index (χ3n) is 3.93. The molecule has 0 spiro atoms. The second-order valence-corrected chi connectivity index (χ2v) is 6.62. The minimum Gasteiger partial charge on any atom is -0.350 e. The standard InChI is InChI=1S/C20H19BrN4O/c21-18-6-2-1-5-17(18)19(24-13-15-7-10-22-11-8-15)20(26)25-14-16-4-3-9-23-12-16/h1-12,19,24H,13-14H2,(H,25,26). The van der Waals surface area contributed by atoms with E-state index in [4.69, 9.17) is 0 Å². The van der Waals surface area contributed by atoms with E-state index in [-0.39, 0.29) is 5.91 Å². The molecule has 1 atom stereocenters. The van der Waals surface area contributed by atoms with Crippen molar-refractivity contribution in [3.63, 3.8) is 0 Å². The third-order valence-corrected chi connectivity index (χ3v) is 4.65. The molecule has 0 aliphatic carbocycles. The van der Waals surface area contributed by atoms with Crippen LogP contribution in [0.25, 0.3) is 0 Å². The Hall–Kier alpha value is -2.57. The molecule has 0 bridgehead atoms. The topological polar surface area (TPSA) is 66.9 Å². The quantitative estimate of drug-likeness (QED) is 0.626. The summed E-state index contributed by atoms with van der Waals surface area (Å²) in [5.41, 5.74) is 2.92. The molecule has 2 heterocycles. The summed E-state index contributed by atoms with van der Waals surface area (Å²) in [6.45, 7) is 0.999. The first-order valence-electron chi connectivity index (χ1n) is 8.27. The van der Waals surface area contributed by atoms with Crippen LogP contribution in [0.1, 0.15) is 22.7 Å². The number of hydrogen-bond donors (Lipinski definition) is 2. The highest BCUT2D eigenvalue weighted by Gasteiger charge is 2.22. The van der Waals surface area contributed by atoms with Gasteiger partial charge in [0, 0.05) is 42.3 Å². The van der Waals surface area contributed by atoms with Gasteiger partial charge >= 0.3 is 0 Å². The van der Waals surface area contributed by atoms with Gasteiger partial charge in [-0.2, -0.15) is 0 Å². The Labute approximate surface area is 161 Å². The lowest BCUT2D eigenvalue weighted by Gasteiger charge is -2.20. The highest BCUT2D eigenvalue weighted by molar-refractivity contribution is 9.10. The van der Waals surface area contributed by atoms with Crippen LogP contribution in [-0.2, 0) is 17.9 Å². The van der Waals surface area contributed by atoms with Crippen LogP contribution >= 0.6 is 15.9 Å². The van der Waals surface area contributed by atoms with Gasteiger partial charge in [-0.3, -0.25) is 20.1 Å². The number of aromatic nitrogens is 2. The van der Waals surface area contributed by atoms with Gasteiger partial charge in [0.2, 0.25) is 5.91 Å². The lowest BCUT2D eigenvalue weighted by Crippen LogP contribution is -2.37. The van der Waals surface area contributed by atoms with Gasteiger partial charge in [-0.25, -0.2) is 0 Å². The van der Waals surface area contributed by atoms with Crippen molar-refractivity contribution in [1.82, 2.24) is 20.6 Å². The van der Waals surface area contributed by atoms with Crippen LogP contribution in [0.15, 0.2) is 77.8 Å². The van der Waals surface area contributed by atoms with Gasteiger partial charge in [0.15, 0.2) is 0 Å². The Morgan fingerprint density at radius 3 is 2.46 bits per heavy atom. The summed E-state index contributed by atoms with van der Waals surface area (Å²) < 4.78 is 0.892. The summed E-state index contributed by atoms with van der Waals surface area (Å²) in [5, 5.41) is 6.33. The Balaban J connectivity index is 1.73.